The van der Waals surface area contributed by atoms with E-state index in [0.717, 1.165) is 11.3 Å². The molecule has 0 saturated carbocycles. The Bertz CT molecular complexity index is 450. The summed E-state index contributed by atoms with van der Waals surface area (Å²) in [6, 6.07) is 10.1. The second-order valence-electron chi connectivity index (χ2n) is 3.21. The molecule has 0 aliphatic heterocycles. The van der Waals surface area contributed by atoms with Crippen LogP contribution in [0.15, 0.2) is 35.7 Å². The van der Waals surface area contributed by atoms with Gasteiger partial charge in [-0.1, -0.05) is 18.2 Å². The van der Waals surface area contributed by atoms with Crippen molar-refractivity contribution in [2.75, 3.05) is 7.11 Å². The molecular formula is C12H13NOS. The summed E-state index contributed by atoms with van der Waals surface area (Å²) >= 11 is 1.68. The van der Waals surface area contributed by atoms with Crippen LogP contribution < -0.4 is 10.5 Å². The molecule has 2 rings (SSSR count). The average molecular weight is 219 g/mol. The van der Waals surface area contributed by atoms with E-state index in [1.165, 1.54) is 10.4 Å². The minimum Gasteiger partial charge on any atom is -0.496 e. The van der Waals surface area contributed by atoms with Crippen LogP contribution in [-0.2, 0) is 6.54 Å². The van der Waals surface area contributed by atoms with Crippen molar-refractivity contribution < 1.29 is 4.74 Å². The van der Waals surface area contributed by atoms with Crippen LogP contribution in [0, 0.1) is 0 Å². The molecule has 78 valence electrons. The third-order valence-electron chi connectivity index (χ3n) is 2.27. The minimum absolute atomic E-state index is 0.597. The predicted molar refractivity (Wildman–Crippen MR) is 64.2 cm³/mol. The fourth-order valence-corrected chi connectivity index (χ4v) is 2.28. The van der Waals surface area contributed by atoms with E-state index < -0.39 is 0 Å². The Balaban J connectivity index is 2.44. The first-order valence-electron chi connectivity index (χ1n) is 4.76. The van der Waals surface area contributed by atoms with Gasteiger partial charge in [0.25, 0.3) is 0 Å². The number of para-hydroxylation sites is 1. The molecule has 1 heterocycles. The molecule has 2 aromatic rings. The lowest BCUT2D eigenvalue weighted by Crippen LogP contribution is -1.91. The number of methoxy groups -OCH3 is 1. The molecular weight excluding hydrogens is 206 g/mol. The normalized spacial score (nSPS) is 10.3. The first-order chi connectivity index (χ1) is 7.35. The summed E-state index contributed by atoms with van der Waals surface area (Å²) in [6.45, 7) is 0.597. The molecule has 1 aromatic heterocycles. The van der Waals surface area contributed by atoms with Gasteiger partial charge in [0.2, 0.25) is 0 Å². The van der Waals surface area contributed by atoms with Crippen LogP contribution in [0.5, 0.6) is 5.75 Å². The largest absolute Gasteiger partial charge is 0.496 e. The van der Waals surface area contributed by atoms with Gasteiger partial charge >= 0.3 is 0 Å². The van der Waals surface area contributed by atoms with Crippen LogP contribution >= 0.6 is 11.3 Å². The molecule has 2 nitrogen and oxygen atoms in total. The van der Waals surface area contributed by atoms with Gasteiger partial charge in [0.05, 0.1) is 7.11 Å². The molecule has 0 atom stereocenters. The summed E-state index contributed by atoms with van der Waals surface area (Å²) in [6.07, 6.45) is 0. The summed E-state index contributed by atoms with van der Waals surface area (Å²) in [7, 11) is 1.69. The average Bonchev–Trinajstić information content (AvgIpc) is 2.77. The second kappa shape index (κ2) is 4.47. The summed E-state index contributed by atoms with van der Waals surface area (Å²) in [5.41, 5.74) is 7.89. The van der Waals surface area contributed by atoms with E-state index in [4.69, 9.17) is 10.5 Å². The van der Waals surface area contributed by atoms with E-state index in [1.54, 1.807) is 18.4 Å². The van der Waals surface area contributed by atoms with E-state index in [0.29, 0.717) is 6.54 Å². The molecule has 0 amide bonds. The monoisotopic (exact) mass is 219 g/mol. The number of ether oxygens (including phenoxy) is 1. The van der Waals surface area contributed by atoms with Gasteiger partial charge in [-0.2, -0.15) is 0 Å². The summed E-state index contributed by atoms with van der Waals surface area (Å²) < 4.78 is 5.32. The van der Waals surface area contributed by atoms with Crippen LogP contribution in [0.3, 0.4) is 0 Å². The Kier molecular flexibility index (Phi) is 3.04. The summed E-state index contributed by atoms with van der Waals surface area (Å²) in [5, 5.41) is 2.11. The second-order valence-corrected chi connectivity index (χ2v) is 4.20. The highest BCUT2D eigenvalue weighted by Crippen LogP contribution is 2.32. The molecule has 0 aliphatic carbocycles. The van der Waals surface area contributed by atoms with Gasteiger partial charge in [0.15, 0.2) is 0 Å². The van der Waals surface area contributed by atoms with Crippen LogP contribution in [-0.4, -0.2) is 7.11 Å². The zero-order valence-corrected chi connectivity index (χ0v) is 9.38. The maximum Gasteiger partial charge on any atom is 0.126 e. The number of thiophene rings is 1. The highest BCUT2D eigenvalue weighted by molar-refractivity contribution is 7.10. The molecule has 0 radical (unpaired) electrons. The Hall–Kier alpha value is -1.32. The van der Waals surface area contributed by atoms with Crippen molar-refractivity contribution in [3.63, 3.8) is 0 Å². The van der Waals surface area contributed by atoms with Crippen LogP contribution in [0.1, 0.15) is 4.88 Å². The molecule has 0 fully saturated rings. The molecule has 1 aromatic carbocycles. The fraction of sp³-hybridized carbons (Fsp3) is 0.167. The van der Waals surface area contributed by atoms with Gasteiger partial charge < -0.3 is 10.5 Å². The van der Waals surface area contributed by atoms with E-state index in [-0.39, 0.29) is 0 Å². The number of benzene rings is 1. The van der Waals surface area contributed by atoms with Crippen molar-refractivity contribution in [1.82, 2.24) is 0 Å². The fourth-order valence-electron chi connectivity index (χ4n) is 1.51. The standard InChI is InChI=1S/C12H13NOS/c1-14-12-5-3-2-4-11(12)9-6-10(7-13)15-8-9/h2-6,8H,7,13H2,1H3. The first kappa shape index (κ1) is 10.2. The molecule has 2 N–H and O–H groups in total. The van der Waals surface area contributed by atoms with E-state index in [2.05, 4.69) is 17.5 Å². The number of hydrogen-bond acceptors (Lipinski definition) is 3. The Morgan fingerprint density at radius 1 is 1.33 bits per heavy atom. The Morgan fingerprint density at radius 3 is 2.80 bits per heavy atom. The topological polar surface area (TPSA) is 35.2 Å². The minimum atomic E-state index is 0.597. The lowest BCUT2D eigenvalue weighted by molar-refractivity contribution is 0.416. The van der Waals surface area contributed by atoms with Crippen molar-refractivity contribution in [3.8, 4) is 16.9 Å². The van der Waals surface area contributed by atoms with E-state index >= 15 is 0 Å². The van der Waals surface area contributed by atoms with Gasteiger partial charge in [-0.05, 0) is 23.1 Å². The molecule has 0 aliphatic rings. The van der Waals surface area contributed by atoms with Crippen molar-refractivity contribution in [1.29, 1.82) is 0 Å². The zero-order valence-electron chi connectivity index (χ0n) is 8.57. The highest BCUT2D eigenvalue weighted by Gasteiger charge is 2.06. The molecule has 3 heteroatoms. The van der Waals surface area contributed by atoms with E-state index in [9.17, 15) is 0 Å². The zero-order chi connectivity index (χ0) is 10.7. The SMILES string of the molecule is COc1ccccc1-c1csc(CN)c1. The van der Waals surface area contributed by atoms with Crippen LogP contribution in [0.4, 0.5) is 0 Å². The van der Waals surface area contributed by atoms with Crippen molar-refractivity contribution >= 4 is 11.3 Å². The lowest BCUT2D eigenvalue weighted by Gasteiger charge is -2.05. The van der Waals surface area contributed by atoms with Crippen LogP contribution in [0.2, 0.25) is 0 Å². The number of nitrogens with two attached hydrogens (primary N) is 1. The number of hydrogen-bond donors (Lipinski definition) is 1. The van der Waals surface area contributed by atoms with Gasteiger partial charge in [-0.15, -0.1) is 11.3 Å². The van der Waals surface area contributed by atoms with E-state index in [1.807, 2.05) is 18.2 Å². The van der Waals surface area contributed by atoms with Crippen LogP contribution in [0.25, 0.3) is 11.1 Å². The van der Waals surface area contributed by atoms with Crippen molar-refractivity contribution in [3.05, 3.63) is 40.6 Å². The Labute approximate surface area is 93.3 Å². The molecule has 15 heavy (non-hydrogen) atoms. The maximum absolute atomic E-state index is 5.59. The third kappa shape index (κ3) is 2.03. The van der Waals surface area contributed by atoms with Gasteiger partial charge in [-0.25, -0.2) is 0 Å². The highest BCUT2D eigenvalue weighted by atomic mass is 32.1. The van der Waals surface area contributed by atoms with Crippen molar-refractivity contribution in [2.45, 2.75) is 6.54 Å². The third-order valence-corrected chi connectivity index (χ3v) is 3.23. The smallest absolute Gasteiger partial charge is 0.126 e. The van der Waals surface area contributed by atoms with Gasteiger partial charge in [0.1, 0.15) is 5.75 Å². The molecule has 0 spiro atoms. The molecule has 0 bridgehead atoms. The summed E-state index contributed by atoms with van der Waals surface area (Å²) in [5.74, 6) is 0.902. The maximum atomic E-state index is 5.59. The predicted octanol–water partition coefficient (Wildman–Crippen LogP) is 2.88. The van der Waals surface area contributed by atoms with Crippen molar-refractivity contribution in [2.24, 2.45) is 5.73 Å². The quantitative estimate of drug-likeness (QED) is 0.861. The molecule has 0 saturated heterocycles. The molecule has 0 unspecified atom stereocenters. The lowest BCUT2D eigenvalue weighted by atomic mass is 10.1. The number of rotatable bonds is 3. The Morgan fingerprint density at radius 2 is 2.13 bits per heavy atom. The first-order valence-corrected chi connectivity index (χ1v) is 5.64. The van der Waals surface area contributed by atoms with Gasteiger partial charge in [0, 0.05) is 17.0 Å². The summed E-state index contributed by atoms with van der Waals surface area (Å²) in [4.78, 5) is 1.19. The van der Waals surface area contributed by atoms with Gasteiger partial charge in [-0.3, -0.25) is 0 Å².